The number of rotatable bonds is 5. The molecule has 5 nitrogen and oxygen atoms in total. The van der Waals surface area contributed by atoms with E-state index < -0.39 is 17.8 Å². The number of likely N-dealkylation sites (N-methyl/N-ethyl adjacent to an activating group) is 1. The molecule has 1 aromatic rings. The van der Waals surface area contributed by atoms with E-state index in [1.54, 1.807) is 12.1 Å². The lowest BCUT2D eigenvalue weighted by Gasteiger charge is -2.18. The normalized spacial score (nSPS) is 12.4. The molecule has 0 aliphatic rings. The number of amides is 1. The van der Waals surface area contributed by atoms with Crippen molar-refractivity contribution < 1.29 is 14.7 Å². The van der Waals surface area contributed by atoms with E-state index in [-0.39, 0.29) is 5.56 Å². The van der Waals surface area contributed by atoms with Gasteiger partial charge in [0.2, 0.25) is 5.91 Å². The van der Waals surface area contributed by atoms with Gasteiger partial charge in [-0.3, -0.25) is 4.79 Å². The number of hydrogen-bond donors (Lipinski definition) is 2. The van der Waals surface area contributed by atoms with E-state index in [1.807, 2.05) is 19.0 Å². The largest absolute Gasteiger partial charge is 0.478 e. The Hall–Kier alpha value is -1.88. The molecule has 0 radical (unpaired) electrons. The van der Waals surface area contributed by atoms with Gasteiger partial charge in [0.25, 0.3) is 0 Å². The monoisotopic (exact) mass is 236 g/mol. The van der Waals surface area contributed by atoms with Crippen LogP contribution in [0.4, 0.5) is 0 Å². The van der Waals surface area contributed by atoms with Gasteiger partial charge in [0.1, 0.15) is 0 Å². The van der Waals surface area contributed by atoms with Gasteiger partial charge < -0.3 is 15.7 Å². The molecule has 1 amide bonds. The Balaban J connectivity index is 2.95. The average molecular weight is 236 g/mol. The van der Waals surface area contributed by atoms with Crippen LogP contribution in [0, 0.1) is 0 Å². The van der Waals surface area contributed by atoms with Crippen LogP contribution in [0.5, 0.6) is 0 Å². The number of nitrogens with two attached hydrogens (primary N) is 1. The van der Waals surface area contributed by atoms with Crippen LogP contribution in [0.2, 0.25) is 0 Å². The van der Waals surface area contributed by atoms with E-state index in [0.29, 0.717) is 6.54 Å². The first-order valence-corrected chi connectivity index (χ1v) is 5.19. The van der Waals surface area contributed by atoms with Crippen LogP contribution >= 0.6 is 0 Å². The number of nitrogens with zero attached hydrogens (tertiary/aromatic N) is 1. The molecule has 0 aliphatic carbocycles. The van der Waals surface area contributed by atoms with E-state index in [4.69, 9.17) is 10.8 Å². The molecule has 0 aromatic heterocycles. The van der Waals surface area contributed by atoms with Crippen LogP contribution in [0.3, 0.4) is 0 Å². The summed E-state index contributed by atoms with van der Waals surface area (Å²) in [6, 6.07) is 6.21. The standard InChI is InChI=1S/C12H16N2O3/c1-14(2)7-10(11(13)15)8-3-5-9(6-4-8)12(16)17/h3-6,10H,7H2,1-2H3,(H2,13,15)(H,16,17). The van der Waals surface area contributed by atoms with Crippen LogP contribution in [0.25, 0.3) is 0 Å². The lowest BCUT2D eigenvalue weighted by atomic mass is 9.97. The maximum atomic E-state index is 11.3. The van der Waals surface area contributed by atoms with Gasteiger partial charge in [0, 0.05) is 6.54 Å². The fourth-order valence-corrected chi connectivity index (χ4v) is 1.58. The minimum Gasteiger partial charge on any atom is -0.478 e. The molecule has 5 heteroatoms. The number of carboxylic acid groups (broad SMARTS) is 1. The molecule has 17 heavy (non-hydrogen) atoms. The minimum absolute atomic E-state index is 0.196. The summed E-state index contributed by atoms with van der Waals surface area (Å²) in [5.74, 6) is -1.82. The van der Waals surface area contributed by atoms with Crippen molar-refractivity contribution in [2.24, 2.45) is 5.73 Å². The number of carboxylic acids is 1. The zero-order valence-electron chi connectivity index (χ0n) is 9.88. The lowest BCUT2D eigenvalue weighted by Crippen LogP contribution is -2.30. The third kappa shape index (κ3) is 3.57. The van der Waals surface area contributed by atoms with Crippen LogP contribution < -0.4 is 5.73 Å². The maximum Gasteiger partial charge on any atom is 0.335 e. The molecule has 0 spiro atoms. The summed E-state index contributed by atoms with van der Waals surface area (Å²) >= 11 is 0. The van der Waals surface area contributed by atoms with Crippen molar-refractivity contribution in [3.05, 3.63) is 35.4 Å². The molecule has 0 saturated heterocycles. The predicted octanol–water partition coefficient (Wildman–Crippen LogP) is 0.515. The number of hydrogen-bond acceptors (Lipinski definition) is 3. The van der Waals surface area contributed by atoms with Crippen LogP contribution in [0.1, 0.15) is 21.8 Å². The van der Waals surface area contributed by atoms with Crippen molar-refractivity contribution in [1.82, 2.24) is 4.90 Å². The Bertz CT molecular complexity index is 412. The highest BCUT2D eigenvalue weighted by atomic mass is 16.4. The van der Waals surface area contributed by atoms with Gasteiger partial charge in [-0.2, -0.15) is 0 Å². The van der Waals surface area contributed by atoms with Crippen molar-refractivity contribution >= 4 is 11.9 Å². The molecule has 92 valence electrons. The molecule has 0 bridgehead atoms. The summed E-state index contributed by atoms with van der Waals surface area (Å²) in [5.41, 5.74) is 6.26. The first kappa shape index (κ1) is 13.2. The Morgan fingerprint density at radius 2 is 1.82 bits per heavy atom. The first-order chi connectivity index (χ1) is 7.91. The lowest BCUT2D eigenvalue weighted by molar-refractivity contribution is -0.119. The van der Waals surface area contributed by atoms with Gasteiger partial charge in [0.05, 0.1) is 11.5 Å². The van der Waals surface area contributed by atoms with E-state index >= 15 is 0 Å². The van der Waals surface area contributed by atoms with Gasteiger partial charge in [0.15, 0.2) is 0 Å². The number of carbonyl (C=O) groups is 2. The quantitative estimate of drug-likeness (QED) is 0.780. The van der Waals surface area contributed by atoms with Crippen LogP contribution in [-0.4, -0.2) is 42.5 Å². The molecule has 1 unspecified atom stereocenters. The van der Waals surface area contributed by atoms with Crippen LogP contribution in [-0.2, 0) is 4.79 Å². The van der Waals surface area contributed by atoms with Gasteiger partial charge in [-0.25, -0.2) is 4.79 Å². The Kier molecular flexibility index (Phi) is 4.23. The number of benzene rings is 1. The number of primary amides is 1. The van der Waals surface area contributed by atoms with Crippen molar-refractivity contribution in [1.29, 1.82) is 0 Å². The minimum atomic E-state index is -0.986. The third-order valence-electron chi connectivity index (χ3n) is 2.45. The van der Waals surface area contributed by atoms with Crippen molar-refractivity contribution in [2.45, 2.75) is 5.92 Å². The van der Waals surface area contributed by atoms with Gasteiger partial charge in [-0.05, 0) is 31.8 Å². The SMILES string of the molecule is CN(C)CC(C(N)=O)c1ccc(C(=O)O)cc1. The Morgan fingerprint density at radius 1 is 1.29 bits per heavy atom. The van der Waals surface area contributed by atoms with Crippen molar-refractivity contribution in [3.63, 3.8) is 0 Å². The highest BCUT2D eigenvalue weighted by molar-refractivity contribution is 5.88. The summed E-state index contributed by atoms with van der Waals surface area (Å²) in [7, 11) is 3.70. The van der Waals surface area contributed by atoms with E-state index in [9.17, 15) is 9.59 Å². The second-order valence-electron chi connectivity index (χ2n) is 4.14. The average Bonchev–Trinajstić information content (AvgIpc) is 2.25. The Morgan fingerprint density at radius 3 is 2.18 bits per heavy atom. The summed E-state index contributed by atoms with van der Waals surface area (Å²) in [6.07, 6.45) is 0. The van der Waals surface area contributed by atoms with E-state index in [0.717, 1.165) is 5.56 Å². The topological polar surface area (TPSA) is 83.6 Å². The highest BCUT2D eigenvalue weighted by Gasteiger charge is 2.18. The molecule has 1 aromatic carbocycles. The molecule has 0 fully saturated rings. The van der Waals surface area contributed by atoms with Crippen molar-refractivity contribution in [3.8, 4) is 0 Å². The second-order valence-corrected chi connectivity index (χ2v) is 4.14. The summed E-state index contributed by atoms with van der Waals surface area (Å²) < 4.78 is 0. The maximum absolute atomic E-state index is 11.3. The van der Waals surface area contributed by atoms with E-state index in [2.05, 4.69) is 0 Å². The van der Waals surface area contributed by atoms with Gasteiger partial charge >= 0.3 is 5.97 Å². The Labute approximate surface area is 99.8 Å². The fraction of sp³-hybridized carbons (Fsp3) is 0.333. The predicted molar refractivity (Wildman–Crippen MR) is 63.9 cm³/mol. The summed E-state index contributed by atoms with van der Waals surface area (Å²) in [4.78, 5) is 23.9. The molecule has 0 heterocycles. The third-order valence-corrected chi connectivity index (χ3v) is 2.45. The molecule has 0 aliphatic heterocycles. The first-order valence-electron chi connectivity index (χ1n) is 5.19. The fourth-order valence-electron chi connectivity index (χ4n) is 1.58. The number of carbonyl (C=O) groups excluding carboxylic acids is 1. The van der Waals surface area contributed by atoms with Gasteiger partial charge in [-0.1, -0.05) is 12.1 Å². The zero-order valence-corrected chi connectivity index (χ0v) is 9.88. The van der Waals surface area contributed by atoms with Gasteiger partial charge in [-0.15, -0.1) is 0 Å². The molecular formula is C12H16N2O3. The molecule has 1 rings (SSSR count). The second kappa shape index (κ2) is 5.45. The summed E-state index contributed by atoms with van der Waals surface area (Å²) in [5, 5.41) is 8.77. The molecule has 3 N–H and O–H groups in total. The smallest absolute Gasteiger partial charge is 0.335 e. The zero-order chi connectivity index (χ0) is 13.0. The highest BCUT2D eigenvalue weighted by Crippen LogP contribution is 2.17. The molecule has 1 atom stereocenters. The number of aromatic carboxylic acids is 1. The van der Waals surface area contributed by atoms with Crippen LogP contribution in [0.15, 0.2) is 24.3 Å². The van der Waals surface area contributed by atoms with Crippen molar-refractivity contribution in [2.75, 3.05) is 20.6 Å². The van der Waals surface area contributed by atoms with E-state index in [1.165, 1.54) is 12.1 Å². The molecule has 0 saturated carbocycles. The summed E-state index contributed by atoms with van der Waals surface area (Å²) in [6.45, 7) is 0.502. The molecular weight excluding hydrogens is 220 g/mol.